The van der Waals surface area contributed by atoms with Crippen molar-refractivity contribution in [1.29, 1.82) is 0 Å². The van der Waals surface area contributed by atoms with Crippen LogP contribution >= 0.6 is 15.9 Å². The Kier molecular flexibility index (Phi) is 8.10. The van der Waals surface area contributed by atoms with Crippen LogP contribution in [0.3, 0.4) is 0 Å². The summed E-state index contributed by atoms with van der Waals surface area (Å²) in [6.07, 6.45) is 0.367. The van der Waals surface area contributed by atoms with Crippen LogP contribution < -0.4 is 10.4 Å². The predicted molar refractivity (Wildman–Crippen MR) is 148 cm³/mol. The molecule has 0 spiro atoms. The van der Waals surface area contributed by atoms with Crippen LogP contribution in [0.2, 0.25) is 0 Å². The zero-order valence-corrected chi connectivity index (χ0v) is 23.6. The maximum atomic E-state index is 12.9. The van der Waals surface area contributed by atoms with E-state index in [0.717, 1.165) is 16.3 Å². The number of rotatable bonds is 7. The minimum absolute atomic E-state index is 0.00610. The Morgan fingerprint density at radius 2 is 1.74 bits per heavy atom. The average molecular weight is 597 g/mol. The molecule has 1 aliphatic heterocycles. The van der Waals surface area contributed by atoms with Gasteiger partial charge in [0, 0.05) is 28.4 Å². The van der Waals surface area contributed by atoms with Gasteiger partial charge in [0.15, 0.2) is 0 Å². The number of benzene rings is 3. The third kappa shape index (κ3) is 5.13. The van der Waals surface area contributed by atoms with E-state index >= 15 is 0 Å². The van der Waals surface area contributed by atoms with E-state index in [0.29, 0.717) is 24.1 Å². The molecule has 1 fully saturated rings. The minimum Gasteiger partial charge on any atom is -0.478 e. The van der Waals surface area contributed by atoms with Gasteiger partial charge in [-0.25, -0.2) is 4.79 Å². The third-order valence-electron chi connectivity index (χ3n) is 7.07. The minimum atomic E-state index is -1.42. The number of ether oxygens (including phenoxy) is 1. The molecule has 0 saturated carbocycles. The summed E-state index contributed by atoms with van der Waals surface area (Å²) in [6.45, 7) is 6.26. The maximum Gasteiger partial charge on any atom is 0.336 e. The highest BCUT2D eigenvalue weighted by Gasteiger charge is 2.43. The molecule has 4 rings (SSSR count). The first-order chi connectivity index (χ1) is 18.0. The van der Waals surface area contributed by atoms with Gasteiger partial charge in [0.05, 0.1) is 15.4 Å². The number of nitro groups is 2. The van der Waals surface area contributed by atoms with Crippen molar-refractivity contribution in [2.24, 2.45) is 5.92 Å². The fraction of sp³-hybridized carbons (Fsp3) is 0.296. The van der Waals surface area contributed by atoms with Gasteiger partial charge in [0.1, 0.15) is 15.1 Å². The molecule has 3 aromatic rings. The van der Waals surface area contributed by atoms with Crippen molar-refractivity contribution in [3.8, 4) is 11.1 Å². The molecule has 1 aliphatic rings. The molecular weight excluding hydrogens is 572 g/mol. The molecule has 2 radical (unpaired) electrons. The summed E-state index contributed by atoms with van der Waals surface area (Å²) in [5.74, 6) is -2.16. The van der Waals surface area contributed by atoms with E-state index in [1.54, 1.807) is 24.3 Å². The Labute approximate surface area is 230 Å². The quantitative estimate of drug-likeness (QED) is 0.229. The summed E-state index contributed by atoms with van der Waals surface area (Å²) in [7, 11) is -0.399. The van der Waals surface area contributed by atoms with Crippen LogP contribution in [0, 0.1) is 40.0 Å². The number of carboxylic acid groups (broad SMARTS) is 1. The van der Waals surface area contributed by atoms with Crippen molar-refractivity contribution in [2.45, 2.75) is 33.1 Å². The number of carboxylic acids is 1. The van der Waals surface area contributed by atoms with Gasteiger partial charge in [-0.1, -0.05) is 58.4 Å². The zero-order valence-electron chi connectivity index (χ0n) is 21.0. The largest absolute Gasteiger partial charge is 0.478 e. The van der Waals surface area contributed by atoms with Crippen LogP contribution in [0.5, 0.6) is 0 Å². The first-order valence-corrected chi connectivity index (χ1v) is 13.7. The number of halogens is 1. The molecular formula is C27H25BrN2O7Si. The molecule has 3 aromatic carbocycles. The second-order valence-electron chi connectivity index (χ2n) is 9.38. The average Bonchev–Trinajstić information content (AvgIpc) is 2.86. The van der Waals surface area contributed by atoms with Gasteiger partial charge in [-0.3, -0.25) is 20.2 Å². The van der Waals surface area contributed by atoms with Crippen LogP contribution in [0.4, 0.5) is 11.4 Å². The number of nitro benzene ring substituents is 2. The van der Waals surface area contributed by atoms with Gasteiger partial charge in [0.2, 0.25) is 0 Å². The first kappa shape index (κ1) is 27.6. The standard InChI is InChI=1S/C27H25BrN2O7Si/c1-14-5-4-6-20(16(14)3)38-26-23(27(31)32)22(19-11-12-37-13-15(19)2)24(29(33)34)21(25(26)30(35)36)17-7-9-18(28)10-8-17/h4-10,15,19H,11-13H2,1-3H3,(H,31,32). The summed E-state index contributed by atoms with van der Waals surface area (Å²) in [6, 6.07) is 12.0. The summed E-state index contributed by atoms with van der Waals surface area (Å²) in [5, 5.41) is 36.6. The van der Waals surface area contributed by atoms with Gasteiger partial charge in [-0.05, 0) is 60.9 Å². The Bertz CT molecular complexity index is 1440. The van der Waals surface area contributed by atoms with Crippen LogP contribution in [0.15, 0.2) is 46.9 Å². The van der Waals surface area contributed by atoms with E-state index in [4.69, 9.17) is 4.74 Å². The molecule has 2 atom stereocenters. The molecule has 2 unspecified atom stereocenters. The molecule has 1 N–H and O–H groups in total. The van der Waals surface area contributed by atoms with Crippen molar-refractivity contribution >= 4 is 53.2 Å². The molecule has 0 aromatic heterocycles. The van der Waals surface area contributed by atoms with E-state index in [-0.39, 0.29) is 33.4 Å². The van der Waals surface area contributed by atoms with Gasteiger partial charge in [-0.15, -0.1) is 0 Å². The fourth-order valence-corrected chi connectivity index (χ4v) is 6.84. The maximum absolute atomic E-state index is 12.9. The molecule has 0 amide bonds. The monoisotopic (exact) mass is 596 g/mol. The SMILES string of the molecule is Cc1cccc([Si]c2c(C(=O)O)c(C3CCOCC3C)c([N+](=O)[O-])c(-c3ccc(Br)cc3)c2[N+](=O)[O-])c1C. The lowest BCUT2D eigenvalue weighted by Gasteiger charge is -2.31. The fourth-order valence-electron chi connectivity index (χ4n) is 5.04. The van der Waals surface area contributed by atoms with Gasteiger partial charge < -0.3 is 9.84 Å². The van der Waals surface area contributed by atoms with Gasteiger partial charge in [-0.2, -0.15) is 0 Å². The van der Waals surface area contributed by atoms with E-state index in [1.165, 1.54) is 0 Å². The Morgan fingerprint density at radius 1 is 1.08 bits per heavy atom. The number of carbonyl (C=O) groups is 1. The van der Waals surface area contributed by atoms with E-state index in [9.17, 15) is 30.1 Å². The first-order valence-electron chi connectivity index (χ1n) is 12.0. The predicted octanol–water partition coefficient (Wildman–Crippen LogP) is 5.04. The van der Waals surface area contributed by atoms with Crippen molar-refractivity contribution in [3.63, 3.8) is 0 Å². The van der Waals surface area contributed by atoms with Crippen molar-refractivity contribution in [3.05, 3.63) is 89.4 Å². The van der Waals surface area contributed by atoms with Crippen LogP contribution in [-0.2, 0) is 4.74 Å². The summed E-state index contributed by atoms with van der Waals surface area (Å²) in [4.78, 5) is 36.9. The molecule has 0 bridgehead atoms. The lowest BCUT2D eigenvalue weighted by atomic mass is 9.78. The van der Waals surface area contributed by atoms with Crippen molar-refractivity contribution in [2.75, 3.05) is 13.2 Å². The lowest BCUT2D eigenvalue weighted by Crippen LogP contribution is -2.38. The number of hydrogen-bond donors (Lipinski definition) is 1. The summed E-state index contributed by atoms with van der Waals surface area (Å²) in [5.41, 5.74) is 0.583. The van der Waals surface area contributed by atoms with Crippen LogP contribution in [-0.4, -0.2) is 43.7 Å². The number of aromatic carboxylic acids is 1. The second-order valence-corrected chi connectivity index (χ2v) is 11.6. The highest BCUT2D eigenvalue weighted by Crippen LogP contribution is 2.47. The summed E-state index contributed by atoms with van der Waals surface area (Å²) >= 11 is 3.34. The summed E-state index contributed by atoms with van der Waals surface area (Å²) < 4.78 is 6.25. The Hall–Kier alpha value is -3.41. The van der Waals surface area contributed by atoms with E-state index in [1.807, 2.05) is 39.0 Å². The Morgan fingerprint density at radius 3 is 2.32 bits per heavy atom. The highest BCUT2D eigenvalue weighted by atomic mass is 79.9. The van der Waals surface area contributed by atoms with Gasteiger partial charge in [0.25, 0.3) is 11.4 Å². The van der Waals surface area contributed by atoms with Crippen molar-refractivity contribution in [1.82, 2.24) is 0 Å². The van der Waals surface area contributed by atoms with E-state index < -0.39 is 42.6 Å². The zero-order chi connectivity index (χ0) is 27.7. The topological polar surface area (TPSA) is 133 Å². The number of nitrogens with zero attached hydrogens (tertiary/aromatic N) is 2. The molecule has 0 aliphatic carbocycles. The van der Waals surface area contributed by atoms with Crippen LogP contribution in [0.1, 0.15) is 46.3 Å². The molecule has 9 nitrogen and oxygen atoms in total. The third-order valence-corrected chi connectivity index (χ3v) is 9.15. The highest BCUT2D eigenvalue weighted by molar-refractivity contribution is 9.10. The number of hydrogen-bond acceptors (Lipinski definition) is 6. The van der Waals surface area contributed by atoms with Crippen molar-refractivity contribution < 1.29 is 24.5 Å². The number of aryl methyl sites for hydroxylation is 1. The normalized spacial score (nSPS) is 17.3. The lowest BCUT2D eigenvalue weighted by molar-refractivity contribution is -0.392. The second kappa shape index (κ2) is 11.1. The Balaban J connectivity index is 2.22. The molecule has 1 saturated heterocycles. The van der Waals surface area contributed by atoms with E-state index in [2.05, 4.69) is 15.9 Å². The molecule has 11 heteroatoms. The van der Waals surface area contributed by atoms with Gasteiger partial charge >= 0.3 is 5.97 Å². The molecule has 196 valence electrons. The molecule has 1 heterocycles. The van der Waals surface area contributed by atoms with Crippen LogP contribution in [0.25, 0.3) is 11.1 Å². The molecule has 38 heavy (non-hydrogen) atoms. The smallest absolute Gasteiger partial charge is 0.336 e.